The summed E-state index contributed by atoms with van der Waals surface area (Å²) < 4.78 is 0. The van der Waals surface area contributed by atoms with Crippen molar-refractivity contribution in [3.05, 3.63) is 5.21 Å². The Kier molecular flexibility index (Phi) is 5.41. The topological polar surface area (TPSA) is 55.3 Å². The molecule has 0 aromatic rings. The fourth-order valence-corrected chi connectivity index (χ4v) is 1.01. The molecular weight excluding hydrogens is 144 g/mol. The number of hydrogen-bond donors (Lipinski definition) is 2. The van der Waals surface area contributed by atoms with Gasteiger partial charge in [-0.05, 0) is 33.4 Å². The van der Waals surface area contributed by atoms with Crippen LogP contribution in [0.5, 0.6) is 0 Å². The molecule has 1 aliphatic heterocycles. The Morgan fingerprint density at radius 2 is 1.55 bits per heavy atom. The van der Waals surface area contributed by atoms with Crippen LogP contribution in [0.4, 0.5) is 0 Å². The first kappa shape index (κ1) is 10.8. The summed E-state index contributed by atoms with van der Waals surface area (Å²) in [6.45, 7) is 0.778. The molecule has 4 nitrogen and oxygen atoms in total. The lowest BCUT2D eigenvalue weighted by atomic mass is 10.2. The maximum Gasteiger partial charge on any atom is 0.108 e. The van der Waals surface area contributed by atoms with Gasteiger partial charge >= 0.3 is 0 Å². The molecule has 1 heterocycles. The molecule has 1 rings (SSSR count). The van der Waals surface area contributed by atoms with Gasteiger partial charge in [0.1, 0.15) is 13.1 Å². The molecule has 1 aliphatic rings. The van der Waals surface area contributed by atoms with Gasteiger partial charge in [0, 0.05) is 0 Å². The monoisotopic (exact) mass is 162 g/mol. The summed E-state index contributed by atoms with van der Waals surface area (Å²) in [6.07, 6.45) is 2.85. The third-order valence-corrected chi connectivity index (χ3v) is 1.52. The van der Waals surface area contributed by atoms with Crippen LogP contribution >= 0.6 is 0 Å². The van der Waals surface area contributed by atoms with Crippen LogP contribution in [0.15, 0.2) is 0 Å². The molecule has 0 aromatic heterocycles. The van der Waals surface area contributed by atoms with Gasteiger partial charge in [0.05, 0.1) is 0 Å². The lowest BCUT2D eigenvalue weighted by Crippen LogP contribution is -2.42. The van der Waals surface area contributed by atoms with Crippen molar-refractivity contribution in [2.24, 2.45) is 0 Å². The van der Waals surface area contributed by atoms with E-state index in [0.29, 0.717) is 13.1 Å². The highest BCUT2D eigenvalue weighted by Gasteiger charge is 2.17. The van der Waals surface area contributed by atoms with Crippen molar-refractivity contribution in [1.82, 2.24) is 5.32 Å². The van der Waals surface area contributed by atoms with Crippen LogP contribution in [0.3, 0.4) is 0 Å². The molecule has 0 saturated carbocycles. The third-order valence-electron chi connectivity index (χ3n) is 1.52. The van der Waals surface area contributed by atoms with Crippen molar-refractivity contribution in [2.45, 2.75) is 19.3 Å². The van der Waals surface area contributed by atoms with Crippen LogP contribution in [0.1, 0.15) is 19.3 Å². The fraction of sp³-hybridized carbons (Fsp3) is 1.00. The Labute approximate surface area is 67.9 Å². The first-order valence-electron chi connectivity index (χ1n) is 4.02. The normalized spacial score (nSPS) is 21.8. The predicted molar refractivity (Wildman–Crippen MR) is 44.0 cm³/mol. The number of hydroxylamine groups is 4. The Morgan fingerprint density at radius 3 is 1.73 bits per heavy atom. The van der Waals surface area contributed by atoms with Gasteiger partial charge in [-0.2, -0.15) is 0 Å². The molecule has 4 heteroatoms. The molecule has 0 amide bonds. The van der Waals surface area contributed by atoms with Gasteiger partial charge in [-0.1, -0.05) is 0 Å². The van der Waals surface area contributed by atoms with E-state index in [-0.39, 0.29) is 0 Å². The van der Waals surface area contributed by atoms with Crippen molar-refractivity contribution >= 4 is 0 Å². The zero-order chi connectivity index (χ0) is 8.74. The molecule has 0 unspecified atom stereocenters. The van der Waals surface area contributed by atoms with Gasteiger partial charge in [0.15, 0.2) is 0 Å². The number of rotatable bonds is 0. The number of quaternary nitrogens is 1. The zero-order valence-electron chi connectivity index (χ0n) is 7.34. The molecular formula is C7H18N2O2. The summed E-state index contributed by atoms with van der Waals surface area (Å²) in [4.78, 5) is -1.00. The van der Waals surface area contributed by atoms with E-state index in [1.54, 1.807) is 0 Å². The van der Waals surface area contributed by atoms with Crippen LogP contribution in [0.25, 0.3) is 0 Å². The highest BCUT2D eigenvalue weighted by Crippen LogP contribution is 2.12. The molecule has 0 radical (unpaired) electrons. The first-order chi connectivity index (χ1) is 5.12. The van der Waals surface area contributed by atoms with E-state index < -0.39 is 4.81 Å². The summed E-state index contributed by atoms with van der Waals surface area (Å²) >= 11 is 0. The molecule has 0 bridgehead atoms. The standard InChI is InChI=1S/C5H11NO2.C2H7N/c7-6(8)4-2-1-3-5-6;1-3-2/h7H,1-5H2;3H,1-2H3. The average molecular weight is 162 g/mol. The average Bonchev–Trinajstić information content (AvgIpc) is 1.88. The Balaban J connectivity index is 0.000000292. The van der Waals surface area contributed by atoms with Crippen molar-refractivity contribution in [3.63, 3.8) is 0 Å². The molecule has 1 fully saturated rings. The number of nitrogens with one attached hydrogen (secondary N) is 1. The second-order valence-corrected chi connectivity index (χ2v) is 2.85. The molecule has 2 N–H and O–H groups in total. The SMILES string of the molecule is CNC.[O-][N+]1(O)CCCCC1. The smallest absolute Gasteiger partial charge is 0.108 e. The fourth-order valence-electron chi connectivity index (χ4n) is 1.01. The van der Waals surface area contributed by atoms with E-state index in [1.165, 1.54) is 0 Å². The van der Waals surface area contributed by atoms with Crippen LogP contribution in [0.2, 0.25) is 0 Å². The van der Waals surface area contributed by atoms with Gasteiger partial charge < -0.3 is 10.5 Å². The highest BCUT2D eigenvalue weighted by atomic mass is 16.8. The van der Waals surface area contributed by atoms with Gasteiger partial charge in [0.2, 0.25) is 0 Å². The maximum absolute atomic E-state index is 10.6. The summed E-state index contributed by atoms with van der Waals surface area (Å²) in [7, 11) is 3.75. The first-order valence-corrected chi connectivity index (χ1v) is 4.02. The van der Waals surface area contributed by atoms with Gasteiger partial charge in [-0.15, -0.1) is 0 Å². The van der Waals surface area contributed by atoms with Crippen LogP contribution in [-0.2, 0) is 0 Å². The van der Waals surface area contributed by atoms with E-state index in [9.17, 15) is 5.21 Å². The summed E-state index contributed by atoms with van der Waals surface area (Å²) in [5, 5.41) is 22.1. The lowest BCUT2D eigenvalue weighted by molar-refractivity contribution is -1.07. The van der Waals surface area contributed by atoms with E-state index in [2.05, 4.69) is 5.32 Å². The minimum Gasteiger partial charge on any atom is -0.598 e. The minimum atomic E-state index is -1.00. The number of piperidine rings is 1. The Morgan fingerprint density at radius 1 is 1.18 bits per heavy atom. The van der Waals surface area contributed by atoms with E-state index in [4.69, 9.17) is 5.21 Å². The second-order valence-electron chi connectivity index (χ2n) is 2.85. The quantitative estimate of drug-likeness (QED) is 0.407. The van der Waals surface area contributed by atoms with Crippen molar-refractivity contribution < 1.29 is 10.0 Å². The number of nitrogens with zero attached hydrogens (tertiary/aromatic N) is 1. The van der Waals surface area contributed by atoms with E-state index in [1.807, 2.05) is 14.1 Å². The van der Waals surface area contributed by atoms with Crippen molar-refractivity contribution in [3.8, 4) is 0 Å². The van der Waals surface area contributed by atoms with Crippen molar-refractivity contribution in [2.75, 3.05) is 27.2 Å². The maximum atomic E-state index is 10.6. The highest BCUT2D eigenvalue weighted by molar-refractivity contribution is 4.47. The largest absolute Gasteiger partial charge is 0.598 e. The second kappa shape index (κ2) is 5.49. The summed E-state index contributed by atoms with van der Waals surface area (Å²) in [6, 6.07) is 0. The van der Waals surface area contributed by atoms with E-state index >= 15 is 0 Å². The molecule has 68 valence electrons. The van der Waals surface area contributed by atoms with Crippen LogP contribution < -0.4 is 5.32 Å². The molecule has 11 heavy (non-hydrogen) atoms. The zero-order valence-corrected chi connectivity index (χ0v) is 7.34. The van der Waals surface area contributed by atoms with Crippen LogP contribution in [-0.4, -0.2) is 37.2 Å². The molecule has 0 spiro atoms. The molecule has 0 atom stereocenters. The van der Waals surface area contributed by atoms with E-state index in [0.717, 1.165) is 19.3 Å². The summed E-state index contributed by atoms with van der Waals surface area (Å²) in [5.74, 6) is 0. The molecule has 0 aromatic carbocycles. The minimum absolute atomic E-state index is 0.389. The van der Waals surface area contributed by atoms with Crippen LogP contribution in [0, 0.1) is 5.21 Å². The third kappa shape index (κ3) is 6.25. The molecule has 1 saturated heterocycles. The lowest BCUT2D eigenvalue weighted by Gasteiger charge is -2.36. The predicted octanol–water partition coefficient (Wildman–Crippen LogP) is 0.710. The Bertz CT molecular complexity index is 88.4. The van der Waals surface area contributed by atoms with Gasteiger partial charge in [-0.25, -0.2) is 10.0 Å². The number of hydrogen-bond acceptors (Lipinski definition) is 3. The summed E-state index contributed by atoms with van der Waals surface area (Å²) in [5.41, 5.74) is 0. The van der Waals surface area contributed by atoms with Gasteiger partial charge in [0.25, 0.3) is 0 Å². The van der Waals surface area contributed by atoms with Crippen molar-refractivity contribution in [1.29, 1.82) is 0 Å². The Hall–Kier alpha value is -0.160. The molecule has 0 aliphatic carbocycles. The van der Waals surface area contributed by atoms with Gasteiger partial charge in [-0.3, -0.25) is 0 Å².